The SMILES string of the molecule is Cc1ccccc1Sc1ccc(F)cc1C(=O)O. The third-order valence-corrected chi connectivity index (χ3v) is 3.74. The van der Waals surface area contributed by atoms with Crippen molar-refractivity contribution in [3.8, 4) is 0 Å². The van der Waals surface area contributed by atoms with E-state index >= 15 is 0 Å². The van der Waals surface area contributed by atoms with E-state index in [1.54, 1.807) is 0 Å². The van der Waals surface area contributed by atoms with Gasteiger partial charge in [-0.2, -0.15) is 0 Å². The Morgan fingerprint density at radius 3 is 2.56 bits per heavy atom. The number of aryl methyl sites for hydroxylation is 1. The maximum Gasteiger partial charge on any atom is 0.336 e. The number of carbonyl (C=O) groups is 1. The van der Waals surface area contributed by atoms with Crippen LogP contribution in [0.25, 0.3) is 0 Å². The van der Waals surface area contributed by atoms with Crippen LogP contribution in [0.5, 0.6) is 0 Å². The van der Waals surface area contributed by atoms with Crippen LogP contribution in [0, 0.1) is 12.7 Å². The van der Waals surface area contributed by atoms with Gasteiger partial charge in [0.15, 0.2) is 0 Å². The second kappa shape index (κ2) is 5.23. The summed E-state index contributed by atoms with van der Waals surface area (Å²) in [4.78, 5) is 12.6. The van der Waals surface area contributed by atoms with E-state index in [0.29, 0.717) is 4.90 Å². The average Bonchev–Trinajstić information content (AvgIpc) is 2.34. The first kappa shape index (κ1) is 12.6. The quantitative estimate of drug-likeness (QED) is 0.909. The highest BCUT2D eigenvalue weighted by molar-refractivity contribution is 7.99. The van der Waals surface area contributed by atoms with E-state index in [-0.39, 0.29) is 5.56 Å². The zero-order valence-electron chi connectivity index (χ0n) is 9.68. The minimum atomic E-state index is -1.12. The van der Waals surface area contributed by atoms with Gasteiger partial charge in [-0.25, -0.2) is 9.18 Å². The van der Waals surface area contributed by atoms with Crippen LogP contribution in [0.1, 0.15) is 15.9 Å². The summed E-state index contributed by atoms with van der Waals surface area (Å²) in [6.07, 6.45) is 0. The maximum atomic E-state index is 13.1. The molecule has 0 aliphatic rings. The standard InChI is InChI=1S/C14H11FO2S/c1-9-4-2-3-5-12(9)18-13-7-6-10(15)8-11(13)14(16)17/h2-8H,1H3,(H,16,17). The molecule has 2 aromatic rings. The van der Waals surface area contributed by atoms with Gasteiger partial charge in [-0.1, -0.05) is 30.0 Å². The van der Waals surface area contributed by atoms with Gasteiger partial charge in [0.1, 0.15) is 5.82 Å². The summed E-state index contributed by atoms with van der Waals surface area (Å²) >= 11 is 1.33. The summed E-state index contributed by atoms with van der Waals surface area (Å²) in [5, 5.41) is 9.06. The molecule has 4 heteroatoms. The van der Waals surface area contributed by atoms with E-state index in [9.17, 15) is 9.18 Å². The number of hydrogen-bond donors (Lipinski definition) is 1. The lowest BCUT2D eigenvalue weighted by atomic mass is 10.2. The van der Waals surface area contributed by atoms with Crippen LogP contribution in [0.3, 0.4) is 0 Å². The minimum absolute atomic E-state index is 0.0109. The molecule has 0 spiro atoms. The summed E-state index contributed by atoms with van der Waals surface area (Å²) in [6.45, 7) is 1.95. The van der Waals surface area contributed by atoms with Gasteiger partial charge >= 0.3 is 5.97 Å². The van der Waals surface area contributed by atoms with Crippen LogP contribution in [0.2, 0.25) is 0 Å². The van der Waals surface area contributed by atoms with E-state index in [1.807, 2.05) is 31.2 Å². The number of carboxylic acids is 1. The Balaban J connectivity index is 2.41. The third-order valence-electron chi connectivity index (χ3n) is 2.49. The molecule has 0 aliphatic heterocycles. The van der Waals surface area contributed by atoms with Crippen molar-refractivity contribution in [1.82, 2.24) is 0 Å². The smallest absolute Gasteiger partial charge is 0.336 e. The van der Waals surface area contributed by atoms with E-state index in [2.05, 4.69) is 0 Å². The molecule has 0 fully saturated rings. The Bertz CT molecular complexity index is 596. The molecule has 0 atom stereocenters. The van der Waals surface area contributed by atoms with E-state index < -0.39 is 11.8 Å². The van der Waals surface area contributed by atoms with Gasteiger partial charge in [-0.3, -0.25) is 0 Å². The van der Waals surface area contributed by atoms with Gasteiger partial charge in [0.2, 0.25) is 0 Å². The molecule has 2 aromatic carbocycles. The fraction of sp³-hybridized carbons (Fsp3) is 0.0714. The van der Waals surface area contributed by atoms with Gasteiger partial charge in [-0.15, -0.1) is 0 Å². The van der Waals surface area contributed by atoms with Crippen molar-refractivity contribution in [1.29, 1.82) is 0 Å². The van der Waals surface area contributed by atoms with Gasteiger partial charge in [0.05, 0.1) is 5.56 Å². The van der Waals surface area contributed by atoms with Crippen molar-refractivity contribution >= 4 is 17.7 Å². The first-order valence-electron chi connectivity index (χ1n) is 5.34. The van der Waals surface area contributed by atoms with Crippen LogP contribution in [0.15, 0.2) is 52.3 Å². The molecular weight excluding hydrogens is 251 g/mol. The molecule has 1 N–H and O–H groups in total. The molecule has 0 amide bonds. The first-order valence-corrected chi connectivity index (χ1v) is 6.16. The lowest BCUT2D eigenvalue weighted by Crippen LogP contribution is -1.99. The summed E-state index contributed by atoms with van der Waals surface area (Å²) in [6, 6.07) is 11.5. The summed E-state index contributed by atoms with van der Waals surface area (Å²) in [5.41, 5.74) is 1.05. The molecule has 0 saturated carbocycles. The second-order valence-electron chi connectivity index (χ2n) is 3.81. The Morgan fingerprint density at radius 1 is 1.17 bits per heavy atom. The average molecular weight is 262 g/mol. The van der Waals surface area contributed by atoms with Crippen LogP contribution in [0.4, 0.5) is 4.39 Å². The topological polar surface area (TPSA) is 37.3 Å². The van der Waals surface area contributed by atoms with Gasteiger partial charge in [-0.05, 0) is 36.8 Å². The van der Waals surface area contributed by atoms with E-state index in [0.717, 1.165) is 16.5 Å². The molecule has 2 nitrogen and oxygen atoms in total. The lowest BCUT2D eigenvalue weighted by molar-refractivity contribution is 0.0692. The monoisotopic (exact) mass is 262 g/mol. The highest BCUT2D eigenvalue weighted by Gasteiger charge is 2.13. The predicted octanol–water partition coefficient (Wildman–Crippen LogP) is 3.98. The molecule has 0 heterocycles. The van der Waals surface area contributed by atoms with Crippen molar-refractivity contribution in [3.05, 3.63) is 59.4 Å². The van der Waals surface area contributed by atoms with Gasteiger partial charge in [0, 0.05) is 9.79 Å². The van der Waals surface area contributed by atoms with Crippen molar-refractivity contribution < 1.29 is 14.3 Å². The van der Waals surface area contributed by atoms with Gasteiger partial charge in [0.25, 0.3) is 0 Å². The molecular formula is C14H11FO2S. The maximum absolute atomic E-state index is 13.1. The Morgan fingerprint density at radius 2 is 1.89 bits per heavy atom. The molecule has 0 aliphatic carbocycles. The predicted molar refractivity (Wildman–Crippen MR) is 68.7 cm³/mol. The van der Waals surface area contributed by atoms with E-state index in [4.69, 9.17) is 5.11 Å². The molecule has 18 heavy (non-hydrogen) atoms. The van der Waals surface area contributed by atoms with E-state index in [1.165, 1.54) is 23.9 Å². The normalized spacial score (nSPS) is 10.3. The van der Waals surface area contributed by atoms with Gasteiger partial charge < -0.3 is 5.11 Å². The number of hydrogen-bond acceptors (Lipinski definition) is 2. The molecule has 92 valence electrons. The largest absolute Gasteiger partial charge is 0.478 e. The van der Waals surface area contributed by atoms with Crippen molar-refractivity contribution in [3.63, 3.8) is 0 Å². The molecule has 0 radical (unpaired) electrons. The fourth-order valence-electron chi connectivity index (χ4n) is 1.55. The zero-order valence-corrected chi connectivity index (χ0v) is 10.5. The number of benzene rings is 2. The Kier molecular flexibility index (Phi) is 3.67. The molecule has 0 saturated heterocycles. The van der Waals surface area contributed by atoms with Crippen molar-refractivity contribution in [2.24, 2.45) is 0 Å². The number of rotatable bonds is 3. The van der Waals surface area contributed by atoms with Crippen molar-refractivity contribution in [2.75, 3.05) is 0 Å². The Hall–Kier alpha value is -1.81. The molecule has 2 rings (SSSR count). The Labute approximate surface area is 108 Å². The first-order chi connectivity index (χ1) is 8.58. The number of carboxylic acid groups (broad SMARTS) is 1. The number of halogens is 1. The van der Waals surface area contributed by atoms with Crippen LogP contribution in [-0.2, 0) is 0 Å². The fourth-order valence-corrected chi connectivity index (χ4v) is 2.55. The summed E-state index contributed by atoms with van der Waals surface area (Å²) in [5.74, 6) is -1.66. The lowest BCUT2D eigenvalue weighted by Gasteiger charge is -2.08. The van der Waals surface area contributed by atoms with Crippen LogP contribution < -0.4 is 0 Å². The van der Waals surface area contributed by atoms with Crippen LogP contribution in [-0.4, -0.2) is 11.1 Å². The second-order valence-corrected chi connectivity index (χ2v) is 4.90. The third kappa shape index (κ3) is 2.71. The molecule has 0 bridgehead atoms. The summed E-state index contributed by atoms with van der Waals surface area (Å²) in [7, 11) is 0. The minimum Gasteiger partial charge on any atom is -0.478 e. The van der Waals surface area contributed by atoms with Crippen LogP contribution >= 0.6 is 11.8 Å². The molecule has 0 aromatic heterocycles. The van der Waals surface area contributed by atoms with Crippen molar-refractivity contribution in [2.45, 2.75) is 16.7 Å². The molecule has 0 unspecified atom stereocenters. The highest BCUT2D eigenvalue weighted by Crippen LogP contribution is 2.32. The zero-order chi connectivity index (χ0) is 13.1. The highest BCUT2D eigenvalue weighted by atomic mass is 32.2. The summed E-state index contributed by atoms with van der Waals surface area (Å²) < 4.78 is 13.1. The number of aromatic carboxylic acids is 1.